The Morgan fingerprint density at radius 3 is 2.76 bits per heavy atom. The van der Waals surface area contributed by atoms with Gasteiger partial charge >= 0.3 is 0 Å². The van der Waals surface area contributed by atoms with Crippen molar-refractivity contribution in [2.24, 2.45) is 11.0 Å². The summed E-state index contributed by atoms with van der Waals surface area (Å²) in [5, 5.41) is 13.1. The molecule has 130 valence electrons. The lowest BCUT2D eigenvalue weighted by molar-refractivity contribution is 0.289. The third-order valence-electron chi connectivity index (χ3n) is 3.32. The van der Waals surface area contributed by atoms with Crippen LogP contribution in [-0.2, 0) is 0 Å². The number of benzene rings is 1. The number of rotatable bonds is 8. The SMILES string of the molecule is C=C(C)c1nc(C#N)c(N/N=C\c2ccc(OCCC(C)C)cc2)o1. The van der Waals surface area contributed by atoms with E-state index in [9.17, 15) is 0 Å². The molecule has 25 heavy (non-hydrogen) atoms. The Morgan fingerprint density at radius 2 is 2.16 bits per heavy atom. The van der Waals surface area contributed by atoms with Gasteiger partial charge in [-0.15, -0.1) is 0 Å². The van der Waals surface area contributed by atoms with Crippen molar-refractivity contribution < 1.29 is 9.15 Å². The summed E-state index contributed by atoms with van der Waals surface area (Å²) >= 11 is 0. The Bertz CT molecular complexity index is 783. The fourth-order valence-electron chi connectivity index (χ4n) is 1.88. The van der Waals surface area contributed by atoms with E-state index in [-0.39, 0.29) is 11.6 Å². The topological polar surface area (TPSA) is 83.4 Å². The van der Waals surface area contributed by atoms with Crippen LogP contribution in [-0.4, -0.2) is 17.8 Å². The van der Waals surface area contributed by atoms with Gasteiger partial charge in [0.25, 0.3) is 5.88 Å². The highest BCUT2D eigenvalue weighted by atomic mass is 16.5. The zero-order valence-corrected chi connectivity index (χ0v) is 14.7. The average molecular weight is 338 g/mol. The Hall–Kier alpha value is -3.07. The van der Waals surface area contributed by atoms with Crippen LogP contribution in [0.5, 0.6) is 5.75 Å². The van der Waals surface area contributed by atoms with Crippen molar-refractivity contribution in [2.45, 2.75) is 27.2 Å². The molecule has 1 aromatic heterocycles. The van der Waals surface area contributed by atoms with Gasteiger partial charge in [-0.3, -0.25) is 0 Å². The summed E-state index contributed by atoms with van der Waals surface area (Å²) in [6, 6.07) is 9.56. The van der Waals surface area contributed by atoms with Gasteiger partial charge in [-0.25, -0.2) is 5.43 Å². The van der Waals surface area contributed by atoms with E-state index in [0.717, 1.165) is 17.7 Å². The van der Waals surface area contributed by atoms with Gasteiger partial charge in [-0.1, -0.05) is 20.4 Å². The molecule has 0 fully saturated rings. The second kappa shape index (κ2) is 8.69. The van der Waals surface area contributed by atoms with E-state index in [2.05, 4.69) is 35.9 Å². The Labute approximate surface area is 147 Å². The fraction of sp³-hybridized carbons (Fsp3) is 0.316. The number of hydrogen-bond acceptors (Lipinski definition) is 6. The van der Waals surface area contributed by atoms with Crippen molar-refractivity contribution in [1.82, 2.24) is 4.98 Å². The van der Waals surface area contributed by atoms with E-state index in [0.29, 0.717) is 24.0 Å². The van der Waals surface area contributed by atoms with Gasteiger partial charge in [-0.2, -0.15) is 15.3 Å². The van der Waals surface area contributed by atoms with E-state index in [1.54, 1.807) is 13.1 Å². The van der Waals surface area contributed by atoms with E-state index in [4.69, 9.17) is 14.4 Å². The summed E-state index contributed by atoms with van der Waals surface area (Å²) in [5.74, 6) is 1.97. The number of hydrazone groups is 1. The van der Waals surface area contributed by atoms with Gasteiger partial charge < -0.3 is 9.15 Å². The molecule has 0 unspecified atom stereocenters. The lowest BCUT2D eigenvalue weighted by atomic mass is 10.1. The number of hydrogen-bond donors (Lipinski definition) is 1. The minimum absolute atomic E-state index is 0.143. The quantitative estimate of drug-likeness (QED) is 0.568. The molecular formula is C19H22N4O2. The molecule has 1 heterocycles. The van der Waals surface area contributed by atoms with Crippen LogP contribution >= 0.6 is 0 Å². The molecule has 0 aliphatic carbocycles. The second-order valence-corrected chi connectivity index (χ2v) is 6.06. The smallest absolute Gasteiger partial charge is 0.252 e. The molecule has 0 radical (unpaired) electrons. The monoisotopic (exact) mass is 338 g/mol. The summed E-state index contributed by atoms with van der Waals surface area (Å²) < 4.78 is 11.1. The summed E-state index contributed by atoms with van der Waals surface area (Å²) in [5.41, 5.74) is 4.37. The van der Waals surface area contributed by atoms with Crippen LogP contribution in [0.25, 0.3) is 5.57 Å². The number of allylic oxidation sites excluding steroid dienone is 1. The molecule has 2 rings (SSSR count). The molecule has 0 aliphatic rings. The van der Waals surface area contributed by atoms with Crippen molar-refractivity contribution in [3.8, 4) is 11.8 Å². The number of anilines is 1. The minimum Gasteiger partial charge on any atom is -0.494 e. The van der Waals surface area contributed by atoms with Crippen LogP contribution in [0, 0.1) is 17.2 Å². The number of oxazole rings is 1. The number of ether oxygens (including phenoxy) is 1. The van der Waals surface area contributed by atoms with Crippen LogP contribution in [0.2, 0.25) is 0 Å². The molecule has 1 aromatic carbocycles. The van der Waals surface area contributed by atoms with Crippen molar-refractivity contribution in [1.29, 1.82) is 5.26 Å². The van der Waals surface area contributed by atoms with E-state index in [1.807, 2.05) is 30.3 Å². The van der Waals surface area contributed by atoms with E-state index >= 15 is 0 Å². The molecule has 0 amide bonds. The van der Waals surface area contributed by atoms with Gasteiger partial charge in [0.15, 0.2) is 0 Å². The maximum Gasteiger partial charge on any atom is 0.252 e. The van der Waals surface area contributed by atoms with Crippen LogP contribution in [0.3, 0.4) is 0 Å². The first kappa shape index (κ1) is 18.3. The zero-order chi connectivity index (χ0) is 18.2. The second-order valence-electron chi connectivity index (χ2n) is 6.06. The molecular weight excluding hydrogens is 316 g/mol. The molecule has 0 bridgehead atoms. The molecule has 0 spiro atoms. The first-order chi connectivity index (χ1) is 12.0. The standard InChI is InChI=1S/C19H22N4O2/c1-13(2)9-10-24-16-7-5-15(6-8-16)12-21-23-19-17(11-20)22-18(25-19)14(3)4/h5-8,12-13,23H,3,9-10H2,1-2,4H3/b21-12-. The van der Waals surface area contributed by atoms with Crippen molar-refractivity contribution in [2.75, 3.05) is 12.0 Å². The number of nitrogens with one attached hydrogen (secondary N) is 1. The molecule has 6 heteroatoms. The summed E-state index contributed by atoms with van der Waals surface area (Å²) in [4.78, 5) is 4.03. The molecule has 1 N–H and O–H groups in total. The van der Waals surface area contributed by atoms with E-state index in [1.165, 1.54) is 0 Å². The first-order valence-electron chi connectivity index (χ1n) is 8.08. The van der Waals surface area contributed by atoms with Crippen molar-refractivity contribution >= 4 is 17.7 Å². The molecule has 0 saturated heterocycles. The highest BCUT2D eigenvalue weighted by Gasteiger charge is 2.12. The Morgan fingerprint density at radius 1 is 1.44 bits per heavy atom. The lowest BCUT2D eigenvalue weighted by Gasteiger charge is -2.07. The third kappa shape index (κ3) is 5.50. The normalized spacial score (nSPS) is 10.8. The summed E-state index contributed by atoms with van der Waals surface area (Å²) in [7, 11) is 0. The van der Waals surface area contributed by atoms with Gasteiger partial charge in [0.2, 0.25) is 11.6 Å². The largest absolute Gasteiger partial charge is 0.494 e. The fourth-order valence-corrected chi connectivity index (χ4v) is 1.88. The molecule has 0 aliphatic heterocycles. The highest BCUT2D eigenvalue weighted by Crippen LogP contribution is 2.20. The Kier molecular flexibility index (Phi) is 6.35. The van der Waals surface area contributed by atoms with Crippen molar-refractivity contribution in [3.05, 3.63) is 48.0 Å². The minimum atomic E-state index is 0.143. The van der Waals surface area contributed by atoms with Gasteiger partial charge in [0, 0.05) is 5.57 Å². The lowest BCUT2D eigenvalue weighted by Crippen LogP contribution is -2.01. The number of nitriles is 1. The van der Waals surface area contributed by atoms with E-state index < -0.39 is 0 Å². The zero-order valence-electron chi connectivity index (χ0n) is 14.7. The Balaban J connectivity index is 1.94. The number of nitrogens with zero attached hydrogens (tertiary/aromatic N) is 3. The average Bonchev–Trinajstić information content (AvgIpc) is 2.99. The summed E-state index contributed by atoms with van der Waals surface area (Å²) in [6.45, 7) is 10.5. The van der Waals surface area contributed by atoms with Crippen LogP contribution in [0.1, 0.15) is 44.3 Å². The van der Waals surface area contributed by atoms with Gasteiger partial charge in [0.1, 0.15) is 11.8 Å². The van der Waals surface area contributed by atoms with Crippen molar-refractivity contribution in [3.63, 3.8) is 0 Å². The van der Waals surface area contributed by atoms with Crippen LogP contribution in [0.15, 0.2) is 40.4 Å². The highest BCUT2D eigenvalue weighted by molar-refractivity contribution is 5.80. The molecule has 2 aromatic rings. The first-order valence-corrected chi connectivity index (χ1v) is 8.08. The predicted octanol–water partition coefficient (Wildman–Crippen LogP) is 4.45. The third-order valence-corrected chi connectivity index (χ3v) is 3.32. The van der Waals surface area contributed by atoms with Crippen LogP contribution in [0.4, 0.5) is 5.88 Å². The molecule has 0 saturated carbocycles. The maximum absolute atomic E-state index is 9.06. The predicted molar refractivity (Wildman–Crippen MR) is 98.5 cm³/mol. The summed E-state index contributed by atoms with van der Waals surface area (Å²) in [6.07, 6.45) is 2.65. The molecule has 0 atom stereocenters. The van der Waals surface area contributed by atoms with Gasteiger partial charge in [0.05, 0.1) is 12.8 Å². The number of aromatic nitrogens is 1. The van der Waals surface area contributed by atoms with Crippen LogP contribution < -0.4 is 10.2 Å². The van der Waals surface area contributed by atoms with Gasteiger partial charge in [-0.05, 0) is 49.1 Å². The maximum atomic E-state index is 9.06. The molecule has 6 nitrogen and oxygen atoms in total.